The van der Waals surface area contributed by atoms with Crippen molar-refractivity contribution in [1.82, 2.24) is 14.5 Å². The molecule has 9 heteroatoms. The number of hydrogen-bond donors (Lipinski definition) is 1. The summed E-state index contributed by atoms with van der Waals surface area (Å²) in [6.45, 7) is 7.10. The maximum atomic E-state index is 13.0. The topological polar surface area (TPSA) is 92.3 Å². The largest absolute Gasteiger partial charge is 0.296 e. The number of benzene rings is 2. The van der Waals surface area contributed by atoms with E-state index in [1.807, 2.05) is 12.1 Å². The molecule has 0 atom stereocenters. The lowest BCUT2D eigenvalue weighted by molar-refractivity contribution is 0.102. The van der Waals surface area contributed by atoms with Crippen molar-refractivity contribution in [2.75, 3.05) is 18.4 Å². The van der Waals surface area contributed by atoms with E-state index in [1.165, 1.54) is 27.3 Å². The van der Waals surface area contributed by atoms with Crippen molar-refractivity contribution in [2.45, 2.75) is 50.8 Å². The van der Waals surface area contributed by atoms with Crippen molar-refractivity contribution in [3.05, 3.63) is 59.2 Å². The molecule has 174 valence electrons. The Labute approximate surface area is 198 Å². The Bertz CT molecular complexity index is 1240. The van der Waals surface area contributed by atoms with E-state index in [2.05, 4.69) is 41.5 Å². The van der Waals surface area contributed by atoms with Crippen LogP contribution in [0.4, 0.5) is 5.13 Å². The van der Waals surface area contributed by atoms with E-state index in [0.717, 1.165) is 24.8 Å². The van der Waals surface area contributed by atoms with Crippen molar-refractivity contribution in [3.8, 4) is 10.6 Å². The Morgan fingerprint density at radius 1 is 1.03 bits per heavy atom. The SMILES string of the molecule is Cc1ccc(S(=O)(=O)N2CCCCC2)cc1C(=O)Nc1nnc(-c2ccc(C(C)C)cc2)s1. The summed E-state index contributed by atoms with van der Waals surface area (Å²) in [6.07, 6.45) is 2.76. The number of anilines is 1. The minimum atomic E-state index is -3.62. The van der Waals surface area contributed by atoms with Crippen molar-refractivity contribution >= 4 is 32.4 Å². The van der Waals surface area contributed by atoms with Crippen LogP contribution in [0.2, 0.25) is 0 Å². The molecule has 2 aromatic carbocycles. The lowest BCUT2D eigenvalue weighted by Gasteiger charge is -2.26. The van der Waals surface area contributed by atoms with Crippen LogP contribution in [-0.2, 0) is 10.0 Å². The molecule has 33 heavy (non-hydrogen) atoms. The molecule has 0 aliphatic carbocycles. The van der Waals surface area contributed by atoms with E-state index in [4.69, 9.17) is 0 Å². The molecule has 1 fully saturated rings. The predicted octanol–water partition coefficient (Wildman–Crippen LogP) is 5.06. The van der Waals surface area contributed by atoms with Crippen molar-refractivity contribution in [2.24, 2.45) is 0 Å². The van der Waals surface area contributed by atoms with Crippen LogP contribution in [0.15, 0.2) is 47.4 Å². The fourth-order valence-corrected chi connectivity index (χ4v) is 6.11. The lowest BCUT2D eigenvalue weighted by atomic mass is 10.0. The van der Waals surface area contributed by atoms with E-state index in [1.54, 1.807) is 19.1 Å². The minimum absolute atomic E-state index is 0.142. The molecule has 1 saturated heterocycles. The Morgan fingerprint density at radius 2 is 1.73 bits per heavy atom. The van der Waals surface area contributed by atoms with Crippen LogP contribution in [0.1, 0.15) is 60.5 Å². The Balaban J connectivity index is 1.52. The van der Waals surface area contributed by atoms with Gasteiger partial charge < -0.3 is 0 Å². The average molecular weight is 485 g/mol. The molecule has 0 spiro atoms. The first-order chi connectivity index (χ1) is 15.8. The van der Waals surface area contributed by atoms with Gasteiger partial charge in [-0.3, -0.25) is 10.1 Å². The average Bonchev–Trinajstić information content (AvgIpc) is 3.28. The summed E-state index contributed by atoms with van der Waals surface area (Å²) in [6, 6.07) is 12.8. The second-order valence-corrected chi connectivity index (χ2v) is 11.5. The molecule has 0 saturated carbocycles. The summed E-state index contributed by atoms with van der Waals surface area (Å²) in [4.78, 5) is 13.1. The van der Waals surface area contributed by atoms with Gasteiger partial charge in [0, 0.05) is 24.2 Å². The van der Waals surface area contributed by atoms with E-state index < -0.39 is 15.9 Å². The summed E-state index contributed by atoms with van der Waals surface area (Å²) in [5, 5.41) is 12.1. The number of hydrogen-bond acceptors (Lipinski definition) is 6. The number of aromatic nitrogens is 2. The van der Waals surface area contributed by atoms with Gasteiger partial charge in [-0.05, 0) is 48.9 Å². The molecule has 1 amide bonds. The Morgan fingerprint density at radius 3 is 2.39 bits per heavy atom. The van der Waals surface area contributed by atoms with Crippen LogP contribution in [0, 0.1) is 6.92 Å². The lowest BCUT2D eigenvalue weighted by Crippen LogP contribution is -2.35. The molecular weight excluding hydrogens is 456 g/mol. The molecule has 0 radical (unpaired) electrons. The first-order valence-electron chi connectivity index (χ1n) is 11.1. The second kappa shape index (κ2) is 9.70. The van der Waals surface area contributed by atoms with Crippen LogP contribution < -0.4 is 5.32 Å². The van der Waals surface area contributed by atoms with Gasteiger partial charge in [-0.2, -0.15) is 4.31 Å². The second-order valence-electron chi connectivity index (χ2n) is 8.58. The third-order valence-electron chi connectivity index (χ3n) is 5.88. The monoisotopic (exact) mass is 484 g/mol. The first-order valence-corrected chi connectivity index (χ1v) is 13.4. The normalized spacial score (nSPS) is 15.0. The predicted molar refractivity (Wildman–Crippen MR) is 131 cm³/mol. The highest BCUT2D eigenvalue weighted by Crippen LogP contribution is 2.29. The number of carbonyl (C=O) groups is 1. The number of amides is 1. The fraction of sp³-hybridized carbons (Fsp3) is 0.375. The third-order valence-corrected chi connectivity index (χ3v) is 8.66. The maximum Gasteiger partial charge on any atom is 0.257 e. The summed E-state index contributed by atoms with van der Waals surface area (Å²) in [7, 11) is -3.62. The summed E-state index contributed by atoms with van der Waals surface area (Å²) in [5.74, 6) is 0.0436. The van der Waals surface area contributed by atoms with Crippen LogP contribution in [0.5, 0.6) is 0 Å². The number of rotatable bonds is 6. The molecule has 1 aliphatic heterocycles. The molecule has 4 rings (SSSR count). The summed E-state index contributed by atoms with van der Waals surface area (Å²) < 4.78 is 27.6. The molecule has 1 aliphatic rings. The zero-order valence-electron chi connectivity index (χ0n) is 19.0. The van der Waals surface area contributed by atoms with Gasteiger partial charge in [0.15, 0.2) is 0 Å². The van der Waals surface area contributed by atoms with Crippen LogP contribution >= 0.6 is 11.3 Å². The van der Waals surface area contributed by atoms with E-state index >= 15 is 0 Å². The summed E-state index contributed by atoms with van der Waals surface area (Å²) in [5.41, 5.74) is 3.18. The quantitative estimate of drug-likeness (QED) is 0.528. The fourth-order valence-electron chi connectivity index (χ4n) is 3.83. The number of piperidine rings is 1. The molecule has 1 aromatic heterocycles. The molecular formula is C24H28N4O3S2. The van der Waals surface area contributed by atoms with Gasteiger partial charge in [0.05, 0.1) is 4.90 Å². The molecule has 1 N–H and O–H groups in total. The van der Waals surface area contributed by atoms with E-state index in [9.17, 15) is 13.2 Å². The van der Waals surface area contributed by atoms with Gasteiger partial charge in [0.2, 0.25) is 15.2 Å². The number of nitrogens with zero attached hydrogens (tertiary/aromatic N) is 3. The standard InChI is InChI=1S/C24H28N4O3S2/c1-16(2)18-8-10-19(11-9-18)23-26-27-24(32-23)25-22(29)21-15-20(12-7-17(21)3)33(30,31)28-13-5-4-6-14-28/h7-12,15-16H,4-6,13-14H2,1-3H3,(H,25,27,29). The number of nitrogens with one attached hydrogen (secondary N) is 1. The van der Waals surface area contributed by atoms with Crippen LogP contribution in [0.25, 0.3) is 10.6 Å². The molecule has 0 bridgehead atoms. The number of carbonyl (C=O) groups excluding carboxylic acids is 1. The highest BCUT2D eigenvalue weighted by atomic mass is 32.2. The molecule has 2 heterocycles. The van der Waals surface area contributed by atoms with Gasteiger partial charge in [0.1, 0.15) is 5.01 Å². The number of aryl methyl sites for hydroxylation is 1. The molecule has 7 nitrogen and oxygen atoms in total. The molecule has 3 aromatic rings. The highest BCUT2D eigenvalue weighted by molar-refractivity contribution is 7.89. The van der Waals surface area contributed by atoms with Gasteiger partial charge in [-0.1, -0.05) is 61.9 Å². The Kier molecular flexibility index (Phi) is 6.92. The van der Waals surface area contributed by atoms with Crippen molar-refractivity contribution < 1.29 is 13.2 Å². The smallest absolute Gasteiger partial charge is 0.257 e. The first kappa shape index (κ1) is 23.5. The van der Waals surface area contributed by atoms with E-state index in [0.29, 0.717) is 40.3 Å². The van der Waals surface area contributed by atoms with Gasteiger partial charge in [0.25, 0.3) is 5.91 Å². The summed E-state index contributed by atoms with van der Waals surface area (Å²) >= 11 is 1.28. The highest BCUT2D eigenvalue weighted by Gasteiger charge is 2.27. The zero-order chi connectivity index (χ0) is 23.6. The zero-order valence-corrected chi connectivity index (χ0v) is 20.7. The minimum Gasteiger partial charge on any atom is -0.296 e. The van der Waals surface area contributed by atoms with Crippen LogP contribution in [0.3, 0.4) is 0 Å². The van der Waals surface area contributed by atoms with Gasteiger partial charge in [-0.25, -0.2) is 8.42 Å². The van der Waals surface area contributed by atoms with Gasteiger partial charge >= 0.3 is 0 Å². The number of sulfonamides is 1. The van der Waals surface area contributed by atoms with Crippen LogP contribution in [-0.4, -0.2) is 41.9 Å². The molecule has 0 unspecified atom stereocenters. The van der Waals surface area contributed by atoms with Crippen molar-refractivity contribution in [1.29, 1.82) is 0 Å². The van der Waals surface area contributed by atoms with Gasteiger partial charge in [-0.15, -0.1) is 10.2 Å². The maximum absolute atomic E-state index is 13.0. The third kappa shape index (κ3) is 5.15. The Hall–Kier alpha value is -2.62. The van der Waals surface area contributed by atoms with E-state index in [-0.39, 0.29) is 4.90 Å². The van der Waals surface area contributed by atoms with Crippen molar-refractivity contribution in [3.63, 3.8) is 0 Å².